The Labute approximate surface area is 267 Å². The number of hydrogen-bond donors (Lipinski definition) is 1. The standard InChI is InChI=1S/C31H34Cl3N3O5S/c1-21(31(39)35-24-8-4-3-5-9-24)36(19-22-11-16-28(33)29(34)17-22)30(38)20-37(25-10-6-7-23(32)18-25)43(40,41)27-14-12-26(42-2)13-15-27/h6-7,10-18,21,24H,3-5,8-9,19-20H2,1-2H3,(H,35,39)/t21-/m1/s1. The molecule has 0 aromatic heterocycles. The Kier molecular flexibility index (Phi) is 11.2. The zero-order chi connectivity index (χ0) is 31.1. The Morgan fingerprint density at radius 3 is 2.28 bits per heavy atom. The molecule has 1 saturated carbocycles. The predicted molar refractivity (Wildman–Crippen MR) is 170 cm³/mol. The zero-order valence-electron chi connectivity index (χ0n) is 23.9. The van der Waals surface area contributed by atoms with Crippen molar-refractivity contribution in [2.75, 3.05) is 18.0 Å². The molecule has 8 nitrogen and oxygen atoms in total. The lowest BCUT2D eigenvalue weighted by molar-refractivity contribution is -0.139. The number of nitrogens with one attached hydrogen (secondary N) is 1. The van der Waals surface area contributed by atoms with Gasteiger partial charge < -0.3 is 15.0 Å². The Morgan fingerprint density at radius 2 is 1.65 bits per heavy atom. The van der Waals surface area contributed by atoms with Gasteiger partial charge in [0.15, 0.2) is 0 Å². The molecule has 230 valence electrons. The van der Waals surface area contributed by atoms with Gasteiger partial charge in [-0.2, -0.15) is 0 Å². The number of ether oxygens (including phenoxy) is 1. The molecule has 0 heterocycles. The highest BCUT2D eigenvalue weighted by Crippen LogP contribution is 2.29. The number of hydrogen-bond acceptors (Lipinski definition) is 5. The lowest BCUT2D eigenvalue weighted by Gasteiger charge is -2.33. The minimum Gasteiger partial charge on any atom is -0.497 e. The summed E-state index contributed by atoms with van der Waals surface area (Å²) in [5, 5.41) is 4.03. The second kappa shape index (κ2) is 14.7. The summed E-state index contributed by atoms with van der Waals surface area (Å²) in [5.74, 6) is -0.419. The van der Waals surface area contributed by atoms with Gasteiger partial charge in [0.25, 0.3) is 10.0 Å². The number of benzene rings is 3. The number of nitrogens with zero attached hydrogens (tertiary/aromatic N) is 2. The summed E-state index contributed by atoms with van der Waals surface area (Å²) in [4.78, 5) is 28.9. The minimum atomic E-state index is -4.25. The fraction of sp³-hybridized carbons (Fsp3) is 0.355. The van der Waals surface area contributed by atoms with Gasteiger partial charge in [0.05, 0.1) is 27.7 Å². The van der Waals surface area contributed by atoms with Crippen molar-refractivity contribution in [2.24, 2.45) is 0 Å². The number of carbonyl (C=O) groups is 2. The van der Waals surface area contributed by atoms with Crippen molar-refractivity contribution < 1.29 is 22.7 Å². The number of rotatable bonds is 11. The van der Waals surface area contributed by atoms with Crippen molar-refractivity contribution >= 4 is 62.3 Å². The van der Waals surface area contributed by atoms with Gasteiger partial charge in [-0.15, -0.1) is 0 Å². The number of anilines is 1. The van der Waals surface area contributed by atoms with Crippen molar-refractivity contribution in [1.82, 2.24) is 10.2 Å². The maximum atomic E-state index is 14.1. The van der Waals surface area contributed by atoms with Crippen LogP contribution in [0, 0.1) is 0 Å². The van der Waals surface area contributed by atoms with Crippen molar-refractivity contribution in [1.29, 1.82) is 0 Å². The third kappa shape index (κ3) is 8.35. The summed E-state index contributed by atoms with van der Waals surface area (Å²) in [7, 11) is -2.77. The number of sulfonamides is 1. The molecule has 12 heteroatoms. The van der Waals surface area contributed by atoms with Crippen molar-refractivity contribution in [3.63, 3.8) is 0 Å². The van der Waals surface area contributed by atoms with Crippen LogP contribution in [0.1, 0.15) is 44.6 Å². The largest absolute Gasteiger partial charge is 0.497 e. The third-order valence-corrected chi connectivity index (χ3v) is 10.2. The predicted octanol–water partition coefficient (Wildman–Crippen LogP) is 6.72. The molecular weight excluding hydrogens is 633 g/mol. The van der Waals surface area contributed by atoms with E-state index in [-0.39, 0.29) is 29.1 Å². The van der Waals surface area contributed by atoms with Crippen molar-refractivity contribution in [2.45, 2.75) is 62.6 Å². The summed E-state index contributed by atoms with van der Waals surface area (Å²) in [6.45, 7) is 1.05. The summed E-state index contributed by atoms with van der Waals surface area (Å²) < 4.78 is 34.1. The number of halogens is 3. The van der Waals surface area contributed by atoms with E-state index in [1.807, 2.05) is 0 Å². The fourth-order valence-electron chi connectivity index (χ4n) is 5.02. The van der Waals surface area contributed by atoms with Crippen LogP contribution >= 0.6 is 34.8 Å². The second-order valence-electron chi connectivity index (χ2n) is 10.5. The van der Waals surface area contributed by atoms with E-state index in [0.29, 0.717) is 26.4 Å². The molecule has 1 aliphatic carbocycles. The van der Waals surface area contributed by atoms with Crippen LogP contribution in [0.3, 0.4) is 0 Å². The van der Waals surface area contributed by atoms with Crippen LogP contribution in [0.2, 0.25) is 15.1 Å². The van der Waals surface area contributed by atoms with E-state index in [4.69, 9.17) is 39.5 Å². The van der Waals surface area contributed by atoms with Crippen LogP contribution in [-0.2, 0) is 26.2 Å². The molecular formula is C31H34Cl3N3O5S. The molecule has 0 saturated heterocycles. The van der Waals surface area contributed by atoms with E-state index in [9.17, 15) is 18.0 Å². The highest BCUT2D eigenvalue weighted by atomic mass is 35.5. The Balaban J connectivity index is 1.69. The average Bonchev–Trinajstić information content (AvgIpc) is 3.00. The summed E-state index contributed by atoms with van der Waals surface area (Å²) in [5.41, 5.74) is 0.831. The van der Waals surface area contributed by atoms with Crippen molar-refractivity contribution in [3.8, 4) is 5.75 Å². The normalized spacial score (nSPS) is 14.5. The van der Waals surface area contributed by atoms with Crippen LogP contribution in [0.4, 0.5) is 5.69 Å². The van der Waals surface area contributed by atoms with Crippen LogP contribution in [0.25, 0.3) is 0 Å². The Morgan fingerprint density at radius 1 is 0.953 bits per heavy atom. The monoisotopic (exact) mass is 665 g/mol. The highest BCUT2D eigenvalue weighted by molar-refractivity contribution is 7.92. The van der Waals surface area contributed by atoms with Crippen LogP contribution in [0.5, 0.6) is 5.75 Å². The van der Waals surface area contributed by atoms with Crippen LogP contribution in [0.15, 0.2) is 71.6 Å². The van der Waals surface area contributed by atoms with E-state index in [1.54, 1.807) is 43.3 Å². The maximum Gasteiger partial charge on any atom is 0.264 e. The Hall–Kier alpha value is -2.98. The quantitative estimate of drug-likeness (QED) is 0.245. The topological polar surface area (TPSA) is 96.0 Å². The van der Waals surface area contributed by atoms with E-state index < -0.39 is 28.5 Å². The molecule has 1 N–H and O–H groups in total. The summed E-state index contributed by atoms with van der Waals surface area (Å²) >= 11 is 18.6. The first kappa shape index (κ1) is 32.9. The molecule has 3 aromatic carbocycles. The fourth-order valence-corrected chi connectivity index (χ4v) is 6.93. The van der Waals surface area contributed by atoms with E-state index in [0.717, 1.165) is 36.4 Å². The van der Waals surface area contributed by atoms with E-state index in [2.05, 4.69) is 5.32 Å². The summed E-state index contributed by atoms with van der Waals surface area (Å²) in [6.07, 6.45) is 4.95. The van der Waals surface area contributed by atoms with Crippen LogP contribution < -0.4 is 14.4 Å². The molecule has 0 aliphatic heterocycles. The Bertz CT molecular complexity index is 1550. The smallest absolute Gasteiger partial charge is 0.264 e. The van der Waals surface area contributed by atoms with E-state index in [1.165, 1.54) is 42.3 Å². The first-order valence-corrected chi connectivity index (χ1v) is 16.5. The van der Waals surface area contributed by atoms with Crippen LogP contribution in [-0.4, -0.2) is 50.9 Å². The van der Waals surface area contributed by atoms with Gasteiger partial charge in [-0.3, -0.25) is 13.9 Å². The molecule has 2 amide bonds. The molecule has 0 spiro atoms. The summed E-state index contributed by atoms with van der Waals surface area (Å²) in [6, 6.07) is 16.2. The second-order valence-corrected chi connectivity index (χ2v) is 13.6. The van der Waals surface area contributed by atoms with Gasteiger partial charge >= 0.3 is 0 Å². The first-order chi connectivity index (χ1) is 20.5. The molecule has 0 unspecified atom stereocenters. The lowest BCUT2D eigenvalue weighted by Crippen LogP contribution is -2.53. The van der Waals surface area contributed by atoms with Gasteiger partial charge in [0, 0.05) is 17.6 Å². The molecule has 4 rings (SSSR count). The van der Waals surface area contributed by atoms with Gasteiger partial charge in [-0.1, -0.05) is 66.2 Å². The SMILES string of the molecule is COc1ccc(S(=O)(=O)N(CC(=O)N(Cc2ccc(Cl)c(Cl)c2)[C@H](C)C(=O)NC2CCCCC2)c2cccc(Cl)c2)cc1. The molecule has 1 atom stereocenters. The number of amides is 2. The van der Waals surface area contributed by atoms with E-state index >= 15 is 0 Å². The van der Waals surface area contributed by atoms with Gasteiger partial charge in [-0.25, -0.2) is 8.42 Å². The molecule has 0 radical (unpaired) electrons. The molecule has 0 bridgehead atoms. The maximum absolute atomic E-state index is 14.1. The van der Waals surface area contributed by atoms with Crippen molar-refractivity contribution in [3.05, 3.63) is 87.4 Å². The zero-order valence-corrected chi connectivity index (χ0v) is 27.0. The third-order valence-electron chi connectivity index (χ3n) is 7.48. The number of methoxy groups -OCH3 is 1. The van der Waals surface area contributed by atoms with Gasteiger partial charge in [0.1, 0.15) is 18.3 Å². The highest BCUT2D eigenvalue weighted by Gasteiger charge is 2.33. The molecule has 1 fully saturated rings. The molecule has 3 aromatic rings. The average molecular weight is 667 g/mol. The first-order valence-electron chi connectivity index (χ1n) is 14.0. The van der Waals surface area contributed by atoms with Gasteiger partial charge in [-0.05, 0) is 79.9 Å². The lowest BCUT2D eigenvalue weighted by atomic mass is 9.95. The minimum absolute atomic E-state index is 0.000937. The van der Waals surface area contributed by atoms with Gasteiger partial charge in [0.2, 0.25) is 11.8 Å². The number of carbonyl (C=O) groups excluding carboxylic acids is 2. The molecule has 43 heavy (non-hydrogen) atoms. The molecule has 1 aliphatic rings.